The number of carbonyl (C=O) groups excluding carboxylic acids is 1. The predicted molar refractivity (Wildman–Crippen MR) is 101 cm³/mol. The molecule has 1 saturated carbocycles. The lowest BCUT2D eigenvalue weighted by Crippen LogP contribution is -2.46. The maximum atomic E-state index is 12.5. The van der Waals surface area contributed by atoms with E-state index < -0.39 is 9.84 Å². The van der Waals surface area contributed by atoms with Gasteiger partial charge in [-0.05, 0) is 12.8 Å². The summed E-state index contributed by atoms with van der Waals surface area (Å²) in [4.78, 5) is 14.2. The van der Waals surface area contributed by atoms with Crippen LogP contribution in [0.25, 0.3) is 11.4 Å². The quantitative estimate of drug-likeness (QED) is 0.831. The SMILES string of the molecule is CS(=O)(=O)CC1(CNC(=O)N2CCn3c(nnc3-c3ccccc3)C2)CC1. The Morgan fingerprint density at radius 2 is 1.93 bits per heavy atom. The van der Waals surface area contributed by atoms with Crippen LogP contribution in [-0.4, -0.2) is 59.2 Å². The number of nitrogens with one attached hydrogen (secondary N) is 1. The van der Waals surface area contributed by atoms with E-state index in [4.69, 9.17) is 0 Å². The van der Waals surface area contributed by atoms with Crippen LogP contribution >= 0.6 is 0 Å². The van der Waals surface area contributed by atoms with E-state index in [9.17, 15) is 13.2 Å². The molecule has 9 heteroatoms. The molecule has 1 fully saturated rings. The smallest absolute Gasteiger partial charge is 0.317 e. The molecule has 0 bridgehead atoms. The van der Waals surface area contributed by atoms with Crippen molar-refractivity contribution in [2.24, 2.45) is 5.41 Å². The van der Waals surface area contributed by atoms with E-state index >= 15 is 0 Å². The molecule has 144 valence electrons. The van der Waals surface area contributed by atoms with Crippen molar-refractivity contribution in [1.29, 1.82) is 0 Å². The fraction of sp³-hybridized carbons (Fsp3) is 0.500. The summed E-state index contributed by atoms with van der Waals surface area (Å²) in [5, 5.41) is 11.4. The second kappa shape index (κ2) is 6.63. The van der Waals surface area contributed by atoms with Gasteiger partial charge in [0.15, 0.2) is 11.6 Å². The minimum Gasteiger partial charge on any atom is -0.337 e. The van der Waals surface area contributed by atoms with Crippen molar-refractivity contribution in [3.05, 3.63) is 36.2 Å². The highest BCUT2D eigenvalue weighted by Crippen LogP contribution is 2.46. The zero-order valence-electron chi connectivity index (χ0n) is 15.3. The van der Waals surface area contributed by atoms with Crippen molar-refractivity contribution in [1.82, 2.24) is 25.0 Å². The van der Waals surface area contributed by atoms with E-state index in [0.717, 1.165) is 30.1 Å². The van der Waals surface area contributed by atoms with E-state index in [0.29, 0.717) is 26.2 Å². The number of carbonyl (C=O) groups is 1. The fourth-order valence-corrected chi connectivity index (χ4v) is 5.11. The van der Waals surface area contributed by atoms with Crippen molar-refractivity contribution in [3.63, 3.8) is 0 Å². The molecule has 1 aliphatic heterocycles. The van der Waals surface area contributed by atoms with Crippen LogP contribution in [0.15, 0.2) is 30.3 Å². The molecule has 0 unspecified atom stereocenters. The van der Waals surface area contributed by atoms with Gasteiger partial charge in [-0.2, -0.15) is 0 Å². The number of fused-ring (bicyclic) bond motifs is 1. The van der Waals surface area contributed by atoms with Crippen molar-refractivity contribution >= 4 is 15.9 Å². The fourth-order valence-electron chi connectivity index (χ4n) is 3.61. The van der Waals surface area contributed by atoms with Crippen molar-refractivity contribution < 1.29 is 13.2 Å². The highest BCUT2D eigenvalue weighted by atomic mass is 32.2. The first-order valence-electron chi connectivity index (χ1n) is 9.03. The number of nitrogens with zero attached hydrogens (tertiary/aromatic N) is 4. The van der Waals surface area contributed by atoms with Gasteiger partial charge in [0.2, 0.25) is 0 Å². The summed E-state index contributed by atoms with van der Waals surface area (Å²) < 4.78 is 25.1. The van der Waals surface area contributed by atoms with Crippen molar-refractivity contribution in [2.45, 2.75) is 25.9 Å². The summed E-state index contributed by atoms with van der Waals surface area (Å²) in [6.07, 6.45) is 2.93. The van der Waals surface area contributed by atoms with Crippen molar-refractivity contribution in [2.75, 3.05) is 25.1 Å². The van der Waals surface area contributed by atoms with Gasteiger partial charge in [-0.3, -0.25) is 0 Å². The summed E-state index contributed by atoms with van der Waals surface area (Å²) in [6.45, 7) is 1.99. The van der Waals surface area contributed by atoms with Gasteiger partial charge in [0.05, 0.1) is 12.3 Å². The van der Waals surface area contributed by atoms with Gasteiger partial charge in [0.1, 0.15) is 9.84 Å². The Morgan fingerprint density at radius 3 is 2.59 bits per heavy atom. The van der Waals surface area contributed by atoms with E-state index in [2.05, 4.69) is 15.5 Å². The molecule has 4 rings (SSSR count). The average molecular weight is 389 g/mol. The van der Waals surface area contributed by atoms with Gasteiger partial charge in [-0.25, -0.2) is 13.2 Å². The normalized spacial score (nSPS) is 18.0. The molecular weight excluding hydrogens is 366 g/mol. The van der Waals surface area contributed by atoms with E-state index in [1.54, 1.807) is 4.90 Å². The monoisotopic (exact) mass is 389 g/mol. The summed E-state index contributed by atoms with van der Waals surface area (Å²) in [5.41, 5.74) is 0.727. The van der Waals surface area contributed by atoms with Gasteiger partial charge in [-0.1, -0.05) is 30.3 Å². The summed E-state index contributed by atoms with van der Waals surface area (Å²) in [6, 6.07) is 9.69. The lowest BCUT2D eigenvalue weighted by atomic mass is 10.1. The van der Waals surface area contributed by atoms with Crippen molar-refractivity contribution in [3.8, 4) is 11.4 Å². The zero-order chi connectivity index (χ0) is 19.1. The largest absolute Gasteiger partial charge is 0.337 e. The standard InChI is InChI=1S/C18H23N5O3S/c1-27(25,26)13-18(7-8-18)12-19-17(24)22-9-10-23-15(11-22)20-21-16(23)14-5-3-2-4-6-14/h2-6H,7-13H2,1H3,(H,19,24). The highest BCUT2D eigenvalue weighted by molar-refractivity contribution is 7.90. The molecule has 2 aromatic rings. The van der Waals surface area contributed by atoms with Gasteiger partial charge in [0, 0.05) is 36.9 Å². The Labute approximate surface area is 158 Å². The molecule has 1 N–H and O–H groups in total. The lowest BCUT2D eigenvalue weighted by molar-refractivity contribution is 0.180. The first-order valence-corrected chi connectivity index (χ1v) is 11.1. The first-order chi connectivity index (χ1) is 12.9. The third-order valence-corrected chi connectivity index (χ3v) is 6.35. The van der Waals surface area contributed by atoms with Crippen LogP contribution in [-0.2, 0) is 22.9 Å². The number of benzene rings is 1. The molecule has 0 saturated heterocycles. The molecule has 8 nitrogen and oxygen atoms in total. The Bertz CT molecular complexity index is 951. The topological polar surface area (TPSA) is 97.2 Å². The van der Waals surface area contributed by atoms with Crippen LogP contribution in [0.5, 0.6) is 0 Å². The number of hydrogen-bond acceptors (Lipinski definition) is 5. The van der Waals surface area contributed by atoms with Crippen LogP contribution in [0.2, 0.25) is 0 Å². The minimum absolute atomic E-state index is 0.134. The predicted octanol–water partition coefficient (Wildman–Crippen LogP) is 1.30. The molecular formula is C18H23N5O3S. The van der Waals surface area contributed by atoms with Gasteiger partial charge in [-0.15, -0.1) is 10.2 Å². The molecule has 1 aromatic heterocycles. The zero-order valence-corrected chi connectivity index (χ0v) is 16.1. The van der Waals surface area contributed by atoms with Gasteiger partial charge >= 0.3 is 6.03 Å². The molecule has 2 heterocycles. The number of urea groups is 1. The second-order valence-corrected chi connectivity index (χ2v) is 9.75. The molecule has 0 spiro atoms. The third-order valence-electron chi connectivity index (χ3n) is 5.21. The second-order valence-electron chi connectivity index (χ2n) is 7.61. The lowest BCUT2D eigenvalue weighted by Gasteiger charge is -2.28. The Kier molecular flexibility index (Phi) is 4.41. The summed E-state index contributed by atoms with van der Waals surface area (Å²) in [7, 11) is -3.04. The molecule has 0 atom stereocenters. The van der Waals surface area contributed by atoms with E-state index in [-0.39, 0.29) is 17.2 Å². The molecule has 0 radical (unpaired) electrons. The molecule has 2 amide bonds. The van der Waals surface area contributed by atoms with E-state index in [1.165, 1.54) is 6.26 Å². The van der Waals surface area contributed by atoms with Crippen LogP contribution in [0, 0.1) is 5.41 Å². The highest BCUT2D eigenvalue weighted by Gasteiger charge is 2.45. The maximum Gasteiger partial charge on any atom is 0.317 e. The summed E-state index contributed by atoms with van der Waals surface area (Å²) >= 11 is 0. The van der Waals surface area contributed by atoms with Gasteiger partial charge in [0.25, 0.3) is 0 Å². The minimum atomic E-state index is -3.04. The number of amides is 2. The molecule has 1 aromatic carbocycles. The average Bonchev–Trinajstić information content (AvgIpc) is 3.25. The third kappa shape index (κ3) is 3.97. The number of hydrogen-bond donors (Lipinski definition) is 1. The molecule has 2 aliphatic rings. The Morgan fingerprint density at radius 1 is 1.19 bits per heavy atom. The van der Waals surface area contributed by atoms with Crippen LogP contribution in [0.1, 0.15) is 18.7 Å². The van der Waals surface area contributed by atoms with E-state index in [1.807, 2.05) is 34.9 Å². The van der Waals surface area contributed by atoms with Crippen LogP contribution < -0.4 is 5.32 Å². The first kappa shape index (κ1) is 18.0. The number of aromatic nitrogens is 3. The number of rotatable bonds is 5. The number of sulfone groups is 1. The Balaban J connectivity index is 1.39. The van der Waals surface area contributed by atoms with Crippen LogP contribution in [0.4, 0.5) is 4.79 Å². The maximum absolute atomic E-state index is 12.5. The van der Waals surface area contributed by atoms with Gasteiger partial charge < -0.3 is 14.8 Å². The summed E-state index contributed by atoms with van der Waals surface area (Å²) in [5.74, 6) is 1.71. The molecule has 27 heavy (non-hydrogen) atoms. The molecule has 1 aliphatic carbocycles. The Hall–Kier alpha value is -2.42. The van der Waals surface area contributed by atoms with Crippen LogP contribution in [0.3, 0.4) is 0 Å².